The normalized spacial score (nSPS) is 22.2. The number of likely N-dealkylation sites (tertiary alicyclic amines) is 1. The molecule has 10 heteroatoms. The van der Waals surface area contributed by atoms with Crippen LogP contribution in [0.15, 0.2) is 4.99 Å². The maximum absolute atomic E-state index is 12.5. The van der Waals surface area contributed by atoms with Crippen LogP contribution in [0.5, 0.6) is 0 Å². The van der Waals surface area contributed by atoms with Crippen LogP contribution in [0.2, 0.25) is 0 Å². The summed E-state index contributed by atoms with van der Waals surface area (Å²) in [6, 6.07) is 0. The number of nitrogens with one attached hydrogen (secondary N) is 1. The van der Waals surface area contributed by atoms with E-state index in [0.717, 1.165) is 32.1 Å². The van der Waals surface area contributed by atoms with Gasteiger partial charge in [0.15, 0.2) is 5.96 Å². The van der Waals surface area contributed by atoms with Gasteiger partial charge in [-0.2, -0.15) is 4.31 Å². The Bertz CT molecular complexity index is 595. The summed E-state index contributed by atoms with van der Waals surface area (Å²) in [4.78, 5) is 9.52. The Morgan fingerprint density at radius 3 is 2.41 bits per heavy atom. The van der Waals surface area contributed by atoms with Crippen molar-refractivity contribution in [3.05, 3.63) is 0 Å². The first kappa shape index (κ1) is 26.9. The van der Waals surface area contributed by atoms with Crippen LogP contribution in [0, 0.1) is 5.92 Å². The molecular weight excluding hydrogens is 505 g/mol. The van der Waals surface area contributed by atoms with E-state index in [1.165, 1.54) is 13.0 Å². The van der Waals surface area contributed by atoms with Crippen LogP contribution in [0.1, 0.15) is 34.1 Å². The number of ether oxygens (including phenoxy) is 1. The van der Waals surface area contributed by atoms with Gasteiger partial charge in [0.05, 0.1) is 18.5 Å². The lowest BCUT2D eigenvalue weighted by Crippen LogP contribution is -2.54. The molecule has 2 aliphatic rings. The highest BCUT2D eigenvalue weighted by molar-refractivity contribution is 14.0. The summed E-state index contributed by atoms with van der Waals surface area (Å²) >= 11 is 0. The third-order valence-electron chi connectivity index (χ3n) is 5.38. The monoisotopic (exact) mass is 545 g/mol. The second kappa shape index (κ2) is 13.3. The Hall–Kier alpha value is -0.170. The van der Waals surface area contributed by atoms with Gasteiger partial charge in [-0.05, 0) is 46.2 Å². The molecule has 0 bridgehead atoms. The molecule has 2 aliphatic heterocycles. The minimum Gasteiger partial charge on any atom is -0.378 e. The molecule has 0 aliphatic carbocycles. The third-order valence-corrected chi connectivity index (χ3v) is 7.21. The summed E-state index contributed by atoms with van der Waals surface area (Å²) in [7, 11) is -3.26. The summed E-state index contributed by atoms with van der Waals surface area (Å²) < 4.78 is 32.0. The molecular formula is C19H40IN5O3S. The summed E-state index contributed by atoms with van der Waals surface area (Å²) in [5.74, 6) is 1.59. The highest BCUT2D eigenvalue weighted by atomic mass is 127. The number of halogens is 1. The molecule has 29 heavy (non-hydrogen) atoms. The summed E-state index contributed by atoms with van der Waals surface area (Å²) in [6.07, 6.45) is 1.26. The molecule has 1 atom stereocenters. The molecule has 1 unspecified atom stereocenters. The lowest BCUT2D eigenvalue weighted by Gasteiger charge is -2.36. The van der Waals surface area contributed by atoms with Gasteiger partial charge in [0.2, 0.25) is 10.0 Å². The zero-order valence-electron chi connectivity index (χ0n) is 18.5. The highest BCUT2D eigenvalue weighted by Gasteiger charge is 2.28. The number of sulfonamides is 1. The number of guanidine groups is 1. The number of hydrogen-bond acceptors (Lipinski definition) is 5. The molecule has 0 aromatic rings. The molecule has 0 aromatic heterocycles. The maximum atomic E-state index is 12.5. The minimum atomic E-state index is -3.26. The molecule has 1 N–H and O–H groups in total. The van der Waals surface area contributed by atoms with Gasteiger partial charge in [0, 0.05) is 45.8 Å². The first-order valence-electron chi connectivity index (χ1n) is 10.7. The Labute approximate surface area is 194 Å². The van der Waals surface area contributed by atoms with E-state index in [-0.39, 0.29) is 42.4 Å². The van der Waals surface area contributed by atoms with Gasteiger partial charge in [-0.15, -0.1) is 24.0 Å². The van der Waals surface area contributed by atoms with E-state index in [1.54, 1.807) is 4.31 Å². The van der Waals surface area contributed by atoms with E-state index >= 15 is 0 Å². The fraction of sp³-hybridized carbons (Fsp3) is 0.947. The molecule has 0 radical (unpaired) electrons. The van der Waals surface area contributed by atoms with E-state index in [2.05, 4.69) is 29.0 Å². The molecule has 0 saturated carbocycles. The van der Waals surface area contributed by atoms with Gasteiger partial charge in [-0.25, -0.2) is 8.42 Å². The zero-order chi connectivity index (χ0) is 20.6. The fourth-order valence-corrected chi connectivity index (χ4v) is 4.97. The smallest absolute Gasteiger partial charge is 0.216 e. The van der Waals surface area contributed by atoms with Crippen molar-refractivity contribution in [1.82, 2.24) is 19.4 Å². The topological polar surface area (TPSA) is 77.5 Å². The van der Waals surface area contributed by atoms with Gasteiger partial charge in [0.25, 0.3) is 0 Å². The van der Waals surface area contributed by atoms with Crippen LogP contribution in [0.4, 0.5) is 0 Å². The second-order valence-electron chi connectivity index (χ2n) is 7.86. The lowest BCUT2D eigenvalue weighted by atomic mass is 10.1. The summed E-state index contributed by atoms with van der Waals surface area (Å²) in [5.41, 5.74) is 0. The number of aliphatic imine (C=N–C) groups is 1. The predicted octanol–water partition coefficient (Wildman–Crippen LogP) is 1.28. The molecule has 0 spiro atoms. The number of piperazine rings is 1. The molecule has 2 heterocycles. The average molecular weight is 546 g/mol. The van der Waals surface area contributed by atoms with E-state index in [4.69, 9.17) is 9.73 Å². The van der Waals surface area contributed by atoms with Crippen molar-refractivity contribution in [1.29, 1.82) is 0 Å². The van der Waals surface area contributed by atoms with Crippen LogP contribution in [-0.4, -0.2) is 106 Å². The van der Waals surface area contributed by atoms with Crippen molar-refractivity contribution in [3.63, 3.8) is 0 Å². The summed E-state index contributed by atoms with van der Waals surface area (Å²) in [6.45, 7) is 15.8. The first-order chi connectivity index (χ1) is 13.4. The Kier molecular flexibility index (Phi) is 12.3. The fourth-order valence-electron chi connectivity index (χ4n) is 3.69. The molecule has 2 rings (SSSR count). The van der Waals surface area contributed by atoms with Crippen molar-refractivity contribution in [2.24, 2.45) is 10.9 Å². The SMILES string of the molecule is CCNC(=NCC1CCN(CC)C1)N1CCN(S(=O)(=O)CCOC(C)C)CC1.I. The van der Waals surface area contributed by atoms with Crippen LogP contribution in [0.3, 0.4) is 0 Å². The second-order valence-corrected chi connectivity index (χ2v) is 9.95. The standard InChI is InChI=1S/C19H39N5O3S.HI/c1-5-20-19(21-15-18-7-8-22(6-2)16-18)23-9-11-24(12-10-23)28(25,26)14-13-27-17(3)4;/h17-18H,5-16H2,1-4H3,(H,20,21);1H. The van der Waals surface area contributed by atoms with Crippen molar-refractivity contribution >= 4 is 40.0 Å². The van der Waals surface area contributed by atoms with Crippen molar-refractivity contribution in [3.8, 4) is 0 Å². The maximum Gasteiger partial charge on any atom is 0.216 e. The third kappa shape index (κ3) is 8.84. The van der Waals surface area contributed by atoms with Crippen molar-refractivity contribution in [2.75, 3.05) is 71.3 Å². The van der Waals surface area contributed by atoms with Gasteiger partial charge in [0.1, 0.15) is 0 Å². The number of rotatable bonds is 9. The van der Waals surface area contributed by atoms with E-state index in [0.29, 0.717) is 32.1 Å². The first-order valence-corrected chi connectivity index (χ1v) is 12.3. The van der Waals surface area contributed by atoms with Gasteiger partial charge in [-0.3, -0.25) is 4.99 Å². The van der Waals surface area contributed by atoms with E-state index < -0.39 is 10.0 Å². The van der Waals surface area contributed by atoms with E-state index in [1.807, 2.05) is 13.8 Å². The highest BCUT2D eigenvalue weighted by Crippen LogP contribution is 2.16. The van der Waals surface area contributed by atoms with Crippen molar-refractivity contribution < 1.29 is 13.2 Å². The predicted molar refractivity (Wildman–Crippen MR) is 130 cm³/mol. The van der Waals surface area contributed by atoms with E-state index in [9.17, 15) is 8.42 Å². The molecule has 0 aromatic carbocycles. The summed E-state index contributed by atoms with van der Waals surface area (Å²) in [5, 5.41) is 3.38. The molecule has 8 nitrogen and oxygen atoms in total. The number of nitrogens with zero attached hydrogens (tertiary/aromatic N) is 4. The van der Waals surface area contributed by atoms with Gasteiger partial charge >= 0.3 is 0 Å². The number of hydrogen-bond donors (Lipinski definition) is 1. The molecule has 0 amide bonds. The van der Waals surface area contributed by atoms with Gasteiger partial charge in [-0.1, -0.05) is 6.92 Å². The zero-order valence-corrected chi connectivity index (χ0v) is 21.6. The molecule has 2 saturated heterocycles. The molecule has 2 fully saturated rings. The van der Waals surface area contributed by atoms with Crippen molar-refractivity contribution in [2.45, 2.75) is 40.2 Å². The lowest BCUT2D eigenvalue weighted by molar-refractivity contribution is 0.0904. The minimum absolute atomic E-state index is 0. The largest absolute Gasteiger partial charge is 0.378 e. The van der Waals surface area contributed by atoms with Crippen LogP contribution >= 0.6 is 24.0 Å². The Morgan fingerprint density at radius 2 is 1.86 bits per heavy atom. The molecule has 172 valence electrons. The van der Waals surface area contributed by atoms with Crippen LogP contribution < -0.4 is 5.32 Å². The van der Waals surface area contributed by atoms with Crippen LogP contribution in [-0.2, 0) is 14.8 Å². The Balaban J connectivity index is 0.00000420. The quantitative estimate of drug-likeness (QED) is 0.267. The van der Waals surface area contributed by atoms with Crippen LogP contribution in [0.25, 0.3) is 0 Å². The van der Waals surface area contributed by atoms with Gasteiger partial charge < -0.3 is 19.9 Å². The average Bonchev–Trinajstić information content (AvgIpc) is 3.13. The Morgan fingerprint density at radius 1 is 1.17 bits per heavy atom.